The fraction of sp³-hybridized carbons (Fsp3) is 0.333. The van der Waals surface area contributed by atoms with E-state index < -0.39 is 0 Å². The predicted octanol–water partition coefficient (Wildman–Crippen LogP) is 4.05. The van der Waals surface area contributed by atoms with Crippen LogP contribution >= 0.6 is 11.3 Å². The van der Waals surface area contributed by atoms with Crippen LogP contribution in [0, 0.1) is 5.92 Å². The second-order valence-corrected chi connectivity index (χ2v) is 5.52. The lowest BCUT2D eigenvalue weighted by atomic mass is 9.89. The van der Waals surface area contributed by atoms with Crippen LogP contribution in [0.4, 0.5) is 0 Å². The molecular formula is C15H16O2S. The summed E-state index contributed by atoms with van der Waals surface area (Å²) in [5.41, 5.74) is 1.67. The van der Waals surface area contributed by atoms with Crippen molar-refractivity contribution in [3.8, 4) is 0 Å². The van der Waals surface area contributed by atoms with Gasteiger partial charge in [-0.1, -0.05) is 32.4 Å². The van der Waals surface area contributed by atoms with Crippen LogP contribution in [0.2, 0.25) is 0 Å². The van der Waals surface area contributed by atoms with Gasteiger partial charge in [0, 0.05) is 16.7 Å². The van der Waals surface area contributed by atoms with E-state index in [4.69, 9.17) is 0 Å². The zero-order chi connectivity index (χ0) is 13.3. The maximum absolute atomic E-state index is 12.3. The molecule has 1 aromatic heterocycles. The standard InChI is InChI=1S/C15H16O2S/c1-4-9(2)5-6-11-10(3)13(16)12-7-8-18-15(12)14(11)17/h5-9H,4H2,1-3H3/b6-5-. The molecule has 18 heavy (non-hydrogen) atoms. The molecule has 0 saturated heterocycles. The molecule has 1 atom stereocenters. The Morgan fingerprint density at radius 1 is 1.33 bits per heavy atom. The minimum Gasteiger partial charge on any atom is -0.289 e. The highest BCUT2D eigenvalue weighted by Gasteiger charge is 2.29. The Kier molecular flexibility index (Phi) is 3.62. The largest absolute Gasteiger partial charge is 0.289 e. The van der Waals surface area contributed by atoms with Crippen LogP contribution in [0.3, 0.4) is 0 Å². The maximum Gasteiger partial charge on any atom is 0.204 e. The summed E-state index contributed by atoms with van der Waals surface area (Å²) >= 11 is 1.34. The van der Waals surface area contributed by atoms with Crippen molar-refractivity contribution in [1.82, 2.24) is 0 Å². The van der Waals surface area contributed by atoms with Gasteiger partial charge in [-0.25, -0.2) is 0 Å². The van der Waals surface area contributed by atoms with E-state index in [1.807, 2.05) is 12.2 Å². The second kappa shape index (κ2) is 5.02. The molecule has 0 amide bonds. The van der Waals surface area contributed by atoms with Crippen molar-refractivity contribution in [3.05, 3.63) is 45.2 Å². The number of carbonyl (C=O) groups excluding carboxylic acids is 2. The van der Waals surface area contributed by atoms with E-state index in [9.17, 15) is 9.59 Å². The van der Waals surface area contributed by atoms with Crippen molar-refractivity contribution in [2.75, 3.05) is 0 Å². The third-order valence-corrected chi connectivity index (χ3v) is 4.25. The molecule has 0 bridgehead atoms. The fourth-order valence-corrected chi connectivity index (χ4v) is 2.72. The zero-order valence-corrected chi connectivity index (χ0v) is 11.6. The molecule has 1 aromatic rings. The lowest BCUT2D eigenvalue weighted by Crippen LogP contribution is -2.17. The molecule has 0 fully saturated rings. The molecule has 0 radical (unpaired) electrons. The van der Waals surface area contributed by atoms with Crippen LogP contribution in [-0.2, 0) is 0 Å². The molecule has 1 unspecified atom stereocenters. The van der Waals surface area contributed by atoms with E-state index >= 15 is 0 Å². The van der Waals surface area contributed by atoms with Crippen molar-refractivity contribution < 1.29 is 9.59 Å². The minimum absolute atomic E-state index is 0.0170. The fourth-order valence-electron chi connectivity index (χ4n) is 1.88. The van der Waals surface area contributed by atoms with Crippen molar-refractivity contribution in [2.24, 2.45) is 5.92 Å². The summed E-state index contributed by atoms with van der Waals surface area (Å²) in [4.78, 5) is 25.0. The van der Waals surface area contributed by atoms with Crippen LogP contribution in [-0.4, -0.2) is 11.6 Å². The number of hydrogen-bond acceptors (Lipinski definition) is 3. The van der Waals surface area contributed by atoms with Gasteiger partial charge in [-0.3, -0.25) is 9.59 Å². The molecule has 2 rings (SSSR count). The van der Waals surface area contributed by atoms with Crippen LogP contribution in [0.25, 0.3) is 0 Å². The van der Waals surface area contributed by atoms with Crippen LogP contribution in [0.5, 0.6) is 0 Å². The van der Waals surface area contributed by atoms with E-state index in [0.29, 0.717) is 27.5 Å². The molecule has 0 N–H and O–H groups in total. The van der Waals surface area contributed by atoms with Gasteiger partial charge in [0.05, 0.1) is 4.88 Å². The molecule has 1 aliphatic rings. The van der Waals surface area contributed by atoms with E-state index in [-0.39, 0.29) is 11.6 Å². The molecule has 0 aliphatic heterocycles. The van der Waals surface area contributed by atoms with Crippen molar-refractivity contribution in [3.63, 3.8) is 0 Å². The summed E-state index contributed by atoms with van der Waals surface area (Å²) in [7, 11) is 0. The van der Waals surface area contributed by atoms with Crippen LogP contribution in [0.1, 0.15) is 47.2 Å². The highest BCUT2D eigenvalue weighted by atomic mass is 32.1. The number of hydrogen-bond donors (Lipinski definition) is 0. The number of allylic oxidation sites excluding steroid dienone is 4. The maximum atomic E-state index is 12.3. The second-order valence-electron chi connectivity index (χ2n) is 4.60. The smallest absolute Gasteiger partial charge is 0.204 e. The molecule has 0 aromatic carbocycles. The SMILES string of the molecule is CCC(C)/C=C\C1=C(C)C(=O)c2ccsc2C1=O. The number of rotatable bonds is 3. The first-order valence-corrected chi connectivity index (χ1v) is 7.00. The van der Waals surface area contributed by atoms with Crippen LogP contribution < -0.4 is 0 Å². The number of thiophene rings is 1. The van der Waals surface area contributed by atoms with Gasteiger partial charge in [0.2, 0.25) is 5.78 Å². The predicted molar refractivity (Wildman–Crippen MR) is 74.3 cm³/mol. The highest BCUT2D eigenvalue weighted by Crippen LogP contribution is 2.30. The van der Waals surface area contributed by atoms with Gasteiger partial charge in [0.15, 0.2) is 5.78 Å². The van der Waals surface area contributed by atoms with Gasteiger partial charge < -0.3 is 0 Å². The normalized spacial score (nSPS) is 17.5. The molecule has 0 saturated carbocycles. The van der Waals surface area contributed by atoms with Crippen molar-refractivity contribution in [2.45, 2.75) is 27.2 Å². The Labute approximate surface area is 111 Å². The number of Topliss-reactive ketones (excluding diaryl/α,β-unsaturated/α-hetero) is 2. The summed E-state index contributed by atoms with van der Waals surface area (Å²) in [5, 5.41) is 1.80. The molecule has 2 nitrogen and oxygen atoms in total. The summed E-state index contributed by atoms with van der Waals surface area (Å²) in [6, 6.07) is 1.74. The average molecular weight is 260 g/mol. The van der Waals surface area contributed by atoms with Gasteiger partial charge in [0.1, 0.15) is 0 Å². The molecule has 3 heteroatoms. The highest BCUT2D eigenvalue weighted by molar-refractivity contribution is 7.12. The number of ketones is 2. The minimum atomic E-state index is -0.0188. The van der Waals surface area contributed by atoms with Gasteiger partial charge in [-0.2, -0.15) is 0 Å². The Morgan fingerprint density at radius 3 is 2.72 bits per heavy atom. The Balaban J connectivity index is 2.41. The molecule has 94 valence electrons. The summed E-state index contributed by atoms with van der Waals surface area (Å²) in [5.74, 6) is 0.379. The van der Waals surface area contributed by atoms with E-state index in [1.54, 1.807) is 18.4 Å². The van der Waals surface area contributed by atoms with E-state index in [1.165, 1.54) is 11.3 Å². The van der Waals surface area contributed by atoms with Gasteiger partial charge in [-0.15, -0.1) is 11.3 Å². The first-order valence-electron chi connectivity index (χ1n) is 6.12. The first kappa shape index (κ1) is 13.0. The summed E-state index contributed by atoms with van der Waals surface area (Å²) in [6.45, 7) is 5.93. The third kappa shape index (κ3) is 2.10. The summed E-state index contributed by atoms with van der Waals surface area (Å²) < 4.78 is 0. The molecular weight excluding hydrogens is 244 g/mol. The van der Waals surface area contributed by atoms with Crippen molar-refractivity contribution >= 4 is 22.9 Å². The van der Waals surface area contributed by atoms with E-state index in [2.05, 4.69) is 13.8 Å². The zero-order valence-electron chi connectivity index (χ0n) is 10.8. The lowest BCUT2D eigenvalue weighted by molar-refractivity contribution is 0.0981. The summed E-state index contributed by atoms with van der Waals surface area (Å²) in [6.07, 6.45) is 4.84. The molecule has 1 heterocycles. The van der Waals surface area contributed by atoms with Gasteiger partial charge in [0.25, 0.3) is 0 Å². The molecule has 1 aliphatic carbocycles. The lowest BCUT2D eigenvalue weighted by Gasteiger charge is -2.13. The van der Waals surface area contributed by atoms with Crippen LogP contribution in [0.15, 0.2) is 34.7 Å². The first-order chi connectivity index (χ1) is 8.56. The Hall–Kier alpha value is -1.48. The number of fused-ring (bicyclic) bond motifs is 1. The average Bonchev–Trinajstić information content (AvgIpc) is 2.85. The molecule has 0 spiro atoms. The van der Waals surface area contributed by atoms with Gasteiger partial charge in [-0.05, 0) is 24.3 Å². The van der Waals surface area contributed by atoms with Crippen molar-refractivity contribution in [1.29, 1.82) is 0 Å². The Morgan fingerprint density at radius 2 is 2.06 bits per heavy atom. The Bertz CT molecular complexity index is 561. The quantitative estimate of drug-likeness (QED) is 0.821. The number of carbonyl (C=O) groups is 2. The third-order valence-electron chi connectivity index (χ3n) is 3.34. The topological polar surface area (TPSA) is 34.1 Å². The van der Waals surface area contributed by atoms with E-state index in [0.717, 1.165) is 6.42 Å². The van der Waals surface area contributed by atoms with Gasteiger partial charge >= 0.3 is 0 Å². The monoisotopic (exact) mass is 260 g/mol.